The van der Waals surface area contributed by atoms with E-state index in [0.29, 0.717) is 22.9 Å². The molecule has 2 heterocycles. The number of rotatable bonds is 7. The number of benzene rings is 1. The van der Waals surface area contributed by atoms with Gasteiger partial charge in [0.25, 0.3) is 17.0 Å². The van der Waals surface area contributed by atoms with E-state index < -0.39 is 0 Å². The maximum atomic E-state index is 12.6. The van der Waals surface area contributed by atoms with Gasteiger partial charge in [0.1, 0.15) is 5.76 Å². The number of carbonyl (C=O) groups is 2. The second-order valence-corrected chi connectivity index (χ2v) is 8.03. The fraction of sp³-hybridized carbons (Fsp3) is 0.333. The first-order valence-electron chi connectivity index (χ1n) is 9.80. The van der Waals surface area contributed by atoms with Gasteiger partial charge in [0, 0.05) is 6.04 Å². The van der Waals surface area contributed by atoms with Gasteiger partial charge in [0.15, 0.2) is 0 Å². The number of hydrogen-bond acceptors (Lipinski definition) is 7. The summed E-state index contributed by atoms with van der Waals surface area (Å²) in [6, 6.07) is 8.96. The average molecular weight is 426 g/mol. The molecule has 2 N–H and O–H groups in total. The highest BCUT2D eigenvalue weighted by Crippen LogP contribution is 2.26. The summed E-state index contributed by atoms with van der Waals surface area (Å²) in [4.78, 5) is 25.0. The highest BCUT2D eigenvalue weighted by molar-refractivity contribution is 7.99. The molecule has 0 saturated heterocycles. The minimum atomic E-state index is -0.264. The molecular formula is C21H22N4O4S. The third-order valence-electron chi connectivity index (χ3n) is 4.96. The minimum Gasteiger partial charge on any atom is -0.469 e. The van der Waals surface area contributed by atoms with Gasteiger partial charge in [-0.3, -0.25) is 9.59 Å². The predicted molar refractivity (Wildman–Crippen MR) is 112 cm³/mol. The molecule has 1 aliphatic rings. The molecule has 8 nitrogen and oxygen atoms in total. The van der Waals surface area contributed by atoms with Crippen molar-refractivity contribution in [2.45, 2.75) is 43.9 Å². The number of para-hydroxylation sites is 1. The number of aromatic nitrogens is 2. The van der Waals surface area contributed by atoms with E-state index in [4.69, 9.17) is 8.83 Å². The maximum absolute atomic E-state index is 12.6. The minimum absolute atomic E-state index is 0.0740. The van der Waals surface area contributed by atoms with Crippen molar-refractivity contribution in [1.82, 2.24) is 15.5 Å². The molecule has 0 unspecified atom stereocenters. The summed E-state index contributed by atoms with van der Waals surface area (Å²) in [6.45, 7) is 1.81. The van der Waals surface area contributed by atoms with Gasteiger partial charge in [-0.2, -0.15) is 0 Å². The van der Waals surface area contributed by atoms with E-state index in [9.17, 15) is 9.59 Å². The summed E-state index contributed by atoms with van der Waals surface area (Å²) >= 11 is 1.13. The zero-order valence-electron chi connectivity index (χ0n) is 16.5. The summed E-state index contributed by atoms with van der Waals surface area (Å²) in [5.74, 6) is 0.672. The van der Waals surface area contributed by atoms with Crippen LogP contribution in [0.1, 0.15) is 41.8 Å². The molecule has 0 radical (unpaired) electrons. The van der Waals surface area contributed by atoms with E-state index >= 15 is 0 Å². The second kappa shape index (κ2) is 9.17. The number of furan rings is 1. The van der Waals surface area contributed by atoms with Crippen molar-refractivity contribution < 1.29 is 18.4 Å². The number of carbonyl (C=O) groups excluding carboxylic acids is 2. The second-order valence-electron chi connectivity index (χ2n) is 7.10. The molecule has 9 heteroatoms. The SMILES string of the molecule is Cc1occc1-c1nnc(SCC(=O)Nc2ccccc2C(=O)NC2CCCC2)o1. The van der Waals surface area contributed by atoms with Gasteiger partial charge in [-0.05, 0) is 38.0 Å². The Labute approximate surface area is 177 Å². The van der Waals surface area contributed by atoms with E-state index in [1.54, 1.807) is 43.5 Å². The Hall–Kier alpha value is -3.07. The molecule has 3 aromatic rings. The Bertz CT molecular complexity index is 1040. The normalized spacial score (nSPS) is 14.0. The van der Waals surface area contributed by atoms with Crippen molar-refractivity contribution in [3.8, 4) is 11.5 Å². The van der Waals surface area contributed by atoms with E-state index in [1.165, 1.54) is 0 Å². The van der Waals surface area contributed by atoms with Crippen molar-refractivity contribution >= 4 is 29.3 Å². The zero-order chi connectivity index (χ0) is 20.9. The summed E-state index contributed by atoms with van der Waals surface area (Å²) in [5.41, 5.74) is 1.66. The van der Waals surface area contributed by atoms with E-state index in [2.05, 4.69) is 20.8 Å². The lowest BCUT2D eigenvalue weighted by molar-refractivity contribution is -0.113. The van der Waals surface area contributed by atoms with E-state index in [0.717, 1.165) is 43.0 Å². The number of thioether (sulfide) groups is 1. The largest absolute Gasteiger partial charge is 0.469 e. The summed E-state index contributed by atoms with van der Waals surface area (Å²) in [5, 5.41) is 14.1. The average Bonchev–Trinajstić information content (AvgIpc) is 3.49. The third kappa shape index (κ3) is 4.73. The van der Waals surface area contributed by atoms with Crippen LogP contribution in [-0.4, -0.2) is 33.8 Å². The van der Waals surface area contributed by atoms with Gasteiger partial charge in [0.2, 0.25) is 5.91 Å². The molecule has 0 aliphatic heterocycles. The first-order chi connectivity index (χ1) is 14.6. The van der Waals surface area contributed by atoms with E-state index in [1.807, 2.05) is 0 Å². The van der Waals surface area contributed by atoms with Crippen LogP contribution in [0.3, 0.4) is 0 Å². The van der Waals surface area contributed by atoms with Gasteiger partial charge in [-0.1, -0.05) is 36.7 Å². The molecule has 0 spiro atoms. The van der Waals surface area contributed by atoms with Crippen molar-refractivity contribution in [2.24, 2.45) is 0 Å². The lowest BCUT2D eigenvalue weighted by Crippen LogP contribution is -2.33. The fourth-order valence-corrected chi connectivity index (χ4v) is 3.98. The zero-order valence-corrected chi connectivity index (χ0v) is 17.3. The van der Waals surface area contributed by atoms with Crippen LogP contribution in [-0.2, 0) is 4.79 Å². The van der Waals surface area contributed by atoms with Crippen molar-refractivity contribution in [1.29, 1.82) is 0 Å². The number of amides is 2. The predicted octanol–water partition coefficient (Wildman–Crippen LogP) is 4.04. The van der Waals surface area contributed by atoms with Crippen LogP contribution in [0.2, 0.25) is 0 Å². The Morgan fingerprint density at radius 2 is 1.97 bits per heavy atom. The highest BCUT2D eigenvalue weighted by atomic mass is 32.2. The molecule has 30 heavy (non-hydrogen) atoms. The monoisotopic (exact) mass is 426 g/mol. The summed E-state index contributed by atoms with van der Waals surface area (Å²) in [6.07, 6.45) is 5.83. The molecule has 1 aromatic carbocycles. The molecule has 2 aromatic heterocycles. The van der Waals surface area contributed by atoms with Gasteiger partial charge in [-0.25, -0.2) is 0 Å². The highest BCUT2D eigenvalue weighted by Gasteiger charge is 2.20. The van der Waals surface area contributed by atoms with Crippen LogP contribution in [0.25, 0.3) is 11.5 Å². The summed E-state index contributed by atoms with van der Waals surface area (Å²) in [7, 11) is 0. The third-order valence-corrected chi connectivity index (χ3v) is 5.78. The molecule has 0 bridgehead atoms. The lowest BCUT2D eigenvalue weighted by atomic mass is 10.1. The van der Waals surface area contributed by atoms with Gasteiger partial charge in [-0.15, -0.1) is 10.2 Å². The number of nitrogens with one attached hydrogen (secondary N) is 2. The molecule has 1 fully saturated rings. The number of aryl methyl sites for hydroxylation is 1. The molecule has 2 amide bonds. The maximum Gasteiger partial charge on any atom is 0.277 e. The fourth-order valence-electron chi connectivity index (χ4n) is 3.42. The van der Waals surface area contributed by atoms with Crippen molar-refractivity contribution in [3.05, 3.63) is 47.9 Å². The quantitative estimate of drug-likeness (QED) is 0.549. The standard InChI is InChI=1S/C21H22N4O4S/c1-13-15(10-11-28-13)20-24-25-21(29-20)30-12-18(26)23-17-9-5-4-8-16(17)19(27)22-14-6-2-3-7-14/h4-5,8-11,14H,2-3,6-7,12H2,1H3,(H,22,27)(H,23,26). The van der Waals surface area contributed by atoms with Crippen LogP contribution in [0.15, 0.2) is 50.7 Å². The smallest absolute Gasteiger partial charge is 0.277 e. The number of nitrogens with zero attached hydrogens (tertiary/aromatic N) is 2. The topological polar surface area (TPSA) is 110 Å². The first kappa shape index (κ1) is 20.2. The molecule has 1 aliphatic carbocycles. The Morgan fingerprint density at radius 1 is 1.17 bits per heavy atom. The van der Waals surface area contributed by atoms with Gasteiger partial charge < -0.3 is 19.5 Å². The Kier molecular flexibility index (Phi) is 6.18. The molecule has 4 rings (SSSR count). The molecule has 0 atom stereocenters. The van der Waals surface area contributed by atoms with Crippen LogP contribution in [0.5, 0.6) is 0 Å². The van der Waals surface area contributed by atoms with E-state index in [-0.39, 0.29) is 28.8 Å². The Morgan fingerprint density at radius 3 is 2.73 bits per heavy atom. The van der Waals surface area contributed by atoms with Crippen LogP contribution >= 0.6 is 11.8 Å². The number of hydrogen-bond donors (Lipinski definition) is 2. The summed E-state index contributed by atoms with van der Waals surface area (Å²) < 4.78 is 10.8. The molecular weight excluding hydrogens is 404 g/mol. The van der Waals surface area contributed by atoms with Crippen LogP contribution in [0.4, 0.5) is 5.69 Å². The Balaban J connectivity index is 1.35. The lowest BCUT2D eigenvalue weighted by Gasteiger charge is -2.14. The van der Waals surface area contributed by atoms with Gasteiger partial charge >= 0.3 is 0 Å². The van der Waals surface area contributed by atoms with Gasteiger partial charge in [0.05, 0.1) is 28.8 Å². The van der Waals surface area contributed by atoms with Crippen LogP contribution in [0, 0.1) is 6.92 Å². The molecule has 156 valence electrons. The van der Waals surface area contributed by atoms with Crippen LogP contribution < -0.4 is 10.6 Å². The first-order valence-corrected chi connectivity index (χ1v) is 10.8. The van der Waals surface area contributed by atoms with Crippen molar-refractivity contribution in [2.75, 3.05) is 11.1 Å². The molecule has 1 saturated carbocycles. The van der Waals surface area contributed by atoms with Crippen molar-refractivity contribution in [3.63, 3.8) is 0 Å². The number of anilines is 1.